The van der Waals surface area contributed by atoms with Gasteiger partial charge in [-0.25, -0.2) is 0 Å². The van der Waals surface area contributed by atoms with Crippen LogP contribution in [0.2, 0.25) is 0 Å². The fourth-order valence-electron chi connectivity index (χ4n) is 2.11. The number of aromatic nitrogens is 1. The Morgan fingerprint density at radius 3 is 2.94 bits per heavy atom. The highest BCUT2D eigenvalue weighted by molar-refractivity contribution is 5.79. The topological polar surface area (TPSA) is 68.5 Å². The third-order valence-electron chi connectivity index (χ3n) is 3.13. The molecule has 0 aliphatic carbocycles. The number of morpholine rings is 1. The lowest BCUT2D eigenvalue weighted by Crippen LogP contribution is -2.55. The quantitative estimate of drug-likeness (QED) is 0.843. The highest BCUT2D eigenvalue weighted by atomic mass is 16.5. The maximum Gasteiger partial charge on any atom is 0.229 e. The molecule has 1 aliphatic rings. The van der Waals surface area contributed by atoms with Crippen molar-refractivity contribution in [3.05, 3.63) is 24.0 Å². The minimum Gasteiger partial charge on any atom is -0.397 e. The zero-order valence-electron chi connectivity index (χ0n) is 10.8. The average molecular weight is 249 g/mol. The van der Waals surface area contributed by atoms with Gasteiger partial charge in [-0.15, -0.1) is 0 Å². The van der Waals surface area contributed by atoms with Crippen LogP contribution in [0.25, 0.3) is 0 Å². The van der Waals surface area contributed by atoms with Crippen molar-refractivity contribution < 1.29 is 9.53 Å². The third-order valence-corrected chi connectivity index (χ3v) is 3.13. The second-order valence-electron chi connectivity index (χ2n) is 5.17. The molecule has 2 heterocycles. The molecule has 0 bridgehead atoms. The van der Waals surface area contributed by atoms with E-state index >= 15 is 0 Å². The summed E-state index contributed by atoms with van der Waals surface area (Å²) in [7, 11) is 0. The molecule has 18 heavy (non-hydrogen) atoms. The summed E-state index contributed by atoms with van der Waals surface area (Å²) >= 11 is 0. The zero-order valence-corrected chi connectivity index (χ0v) is 10.8. The molecule has 1 aromatic rings. The first-order valence-corrected chi connectivity index (χ1v) is 6.08. The number of anilines is 1. The minimum absolute atomic E-state index is 0.0839. The van der Waals surface area contributed by atoms with Crippen LogP contribution in [-0.4, -0.2) is 41.1 Å². The monoisotopic (exact) mass is 249 g/mol. The normalized spacial score (nSPS) is 18.7. The number of pyridine rings is 1. The minimum atomic E-state index is -0.247. The summed E-state index contributed by atoms with van der Waals surface area (Å²) in [5, 5.41) is 0. The number of hydrogen-bond acceptors (Lipinski definition) is 4. The van der Waals surface area contributed by atoms with Gasteiger partial charge in [0.25, 0.3) is 0 Å². The molecule has 2 rings (SSSR count). The van der Waals surface area contributed by atoms with Crippen molar-refractivity contribution in [1.82, 2.24) is 9.88 Å². The van der Waals surface area contributed by atoms with Gasteiger partial charge in [-0.2, -0.15) is 0 Å². The number of nitrogens with two attached hydrogens (primary N) is 1. The van der Waals surface area contributed by atoms with Gasteiger partial charge in [-0.3, -0.25) is 9.78 Å². The van der Waals surface area contributed by atoms with Crippen LogP contribution in [0, 0.1) is 0 Å². The van der Waals surface area contributed by atoms with E-state index in [1.807, 2.05) is 18.7 Å². The number of hydrogen-bond donors (Lipinski definition) is 1. The van der Waals surface area contributed by atoms with Crippen LogP contribution in [0.3, 0.4) is 0 Å². The standard InChI is InChI=1S/C13H19N3O2/c1-13(2)9-18-6-5-16(13)12(17)7-11-4-3-10(14)8-15-11/h3-4,8H,5-7,9,14H2,1-2H3. The Kier molecular flexibility index (Phi) is 3.52. The van der Waals surface area contributed by atoms with Crippen molar-refractivity contribution in [2.45, 2.75) is 25.8 Å². The highest BCUT2D eigenvalue weighted by Gasteiger charge is 2.33. The van der Waals surface area contributed by atoms with Crippen LogP contribution in [0.1, 0.15) is 19.5 Å². The fraction of sp³-hybridized carbons (Fsp3) is 0.538. The van der Waals surface area contributed by atoms with Crippen LogP contribution in [0.5, 0.6) is 0 Å². The van der Waals surface area contributed by atoms with E-state index in [1.165, 1.54) is 0 Å². The largest absolute Gasteiger partial charge is 0.397 e. The first-order valence-electron chi connectivity index (χ1n) is 6.08. The average Bonchev–Trinajstić information content (AvgIpc) is 2.31. The first kappa shape index (κ1) is 12.8. The van der Waals surface area contributed by atoms with Gasteiger partial charge in [0.05, 0.1) is 37.1 Å². The van der Waals surface area contributed by atoms with Gasteiger partial charge in [-0.1, -0.05) is 0 Å². The smallest absolute Gasteiger partial charge is 0.229 e. The van der Waals surface area contributed by atoms with Crippen LogP contribution < -0.4 is 5.73 Å². The number of nitrogens with zero attached hydrogens (tertiary/aromatic N) is 2. The molecule has 1 saturated heterocycles. The van der Waals surface area contributed by atoms with Crippen LogP contribution in [-0.2, 0) is 16.0 Å². The molecule has 1 aliphatic heterocycles. The molecule has 1 amide bonds. The van der Waals surface area contributed by atoms with Gasteiger partial charge >= 0.3 is 0 Å². The second kappa shape index (κ2) is 4.94. The number of ether oxygens (including phenoxy) is 1. The van der Waals surface area contributed by atoms with E-state index < -0.39 is 0 Å². The van der Waals surface area contributed by atoms with E-state index in [0.29, 0.717) is 31.9 Å². The Morgan fingerprint density at radius 2 is 2.33 bits per heavy atom. The Labute approximate surface area is 107 Å². The van der Waals surface area contributed by atoms with Gasteiger partial charge in [0.15, 0.2) is 0 Å². The molecule has 0 radical (unpaired) electrons. The lowest BCUT2D eigenvalue weighted by Gasteiger charge is -2.42. The number of rotatable bonds is 2. The highest BCUT2D eigenvalue weighted by Crippen LogP contribution is 2.20. The molecule has 0 spiro atoms. The van der Waals surface area contributed by atoms with Crippen molar-refractivity contribution in [2.75, 3.05) is 25.5 Å². The fourth-order valence-corrected chi connectivity index (χ4v) is 2.11. The van der Waals surface area contributed by atoms with Crippen molar-refractivity contribution in [3.8, 4) is 0 Å². The molecule has 0 atom stereocenters. The van der Waals surface area contributed by atoms with Crippen LogP contribution >= 0.6 is 0 Å². The van der Waals surface area contributed by atoms with Crippen molar-refractivity contribution in [3.63, 3.8) is 0 Å². The Balaban J connectivity index is 2.05. The number of carbonyl (C=O) groups is 1. The molecular weight excluding hydrogens is 230 g/mol. The maximum atomic E-state index is 12.3. The van der Waals surface area contributed by atoms with E-state index in [0.717, 1.165) is 5.69 Å². The van der Waals surface area contributed by atoms with Gasteiger partial charge in [0.1, 0.15) is 0 Å². The van der Waals surface area contributed by atoms with Crippen molar-refractivity contribution >= 4 is 11.6 Å². The predicted octanol–water partition coefficient (Wildman–Crippen LogP) is 0.844. The van der Waals surface area contributed by atoms with Gasteiger partial charge < -0.3 is 15.4 Å². The lowest BCUT2D eigenvalue weighted by molar-refractivity contribution is -0.145. The van der Waals surface area contributed by atoms with Gasteiger partial charge in [0.2, 0.25) is 5.91 Å². The summed E-state index contributed by atoms with van der Waals surface area (Å²) in [5.74, 6) is 0.0839. The van der Waals surface area contributed by atoms with Gasteiger partial charge in [-0.05, 0) is 26.0 Å². The molecule has 5 heteroatoms. The van der Waals surface area contributed by atoms with Crippen LogP contribution in [0.15, 0.2) is 18.3 Å². The Morgan fingerprint density at radius 1 is 1.56 bits per heavy atom. The second-order valence-corrected chi connectivity index (χ2v) is 5.17. The first-order chi connectivity index (χ1) is 8.49. The van der Waals surface area contributed by atoms with Crippen molar-refractivity contribution in [2.24, 2.45) is 0 Å². The lowest BCUT2D eigenvalue weighted by atomic mass is 10.0. The SMILES string of the molecule is CC1(C)COCCN1C(=O)Cc1ccc(N)cn1. The molecule has 5 nitrogen and oxygen atoms in total. The summed E-state index contributed by atoms with van der Waals surface area (Å²) in [6.07, 6.45) is 1.89. The zero-order chi connectivity index (χ0) is 13.2. The molecule has 1 fully saturated rings. The van der Waals surface area contributed by atoms with E-state index in [1.54, 1.807) is 18.3 Å². The summed E-state index contributed by atoms with van der Waals surface area (Å²) in [6.45, 7) is 5.85. The van der Waals surface area contributed by atoms with E-state index in [2.05, 4.69) is 4.98 Å². The van der Waals surface area contributed by atoms with E-state index in [9.17, 15) is 4.79 Å². The summed E-state index contributed by atoms with van der Waals surface area (Å²) in [5.41, 5.74) is 6.68. The molecule has 98 valence electrons. The molecule has 0 aromatic carbocycles. The van der Waals surface area contributed by atoms with Crippen LogP contribution in [0.4, 0.5) is 5.69 Å². The molecule has 0 unspecified atom stereocenters. The number of nitrogen functional groups attached to an aromatic ring is 1. The predicted molar refractivity (Wildman–Crippen MR) is 69.0 cm³/mol. The molecular formula is C13H19N3O2. The summed E-state index contributed by atoms with van der Waals surface area (Å²) < 4.78 is 5.41. The summed E-state index contributed by atoms with van der Waals surface area (Å²) in [4.78, 5) is 18.3. The Bertz CT molecular complexity index is 428. The summed E-state index contributed by atoms with van der Waals surface area (Å²) in [6, 6.07) is 3.56. The van der Waals surface area contributed by atoms with E-state index in [4.69, 9.17) is 10.5 Å². The number of carbonyl (C=O) groups excluding carboxylic acids is 1. The van der Waals surface area contributed by atoms with Crippen molar-refractivity contribution in [1.29, 1.82) is 0 Å². The molecule has 2 N–H and O–H groups in total. The molecule has 0 saturated carbocycles. The Hall–Kier alpha value is -1.62. The third kappa shape index (κ3) is 2.79. The maximum absolute atomic E-state index is 12.3. The van der Waals surface area contributed by atoms with Gasteiger partial charge in [0, 0.05) is 12.2 Å². The molecule has 1 aromatic heterocycles. The number of amides is 1. The van der Waals surface area contributed by atoms with E-state index in [-0.39, 0.29) is 11.4 Å².